The van der Waals surface area contributed by atoms with Crippen LogP contribution in [0.15, 0.2) is 27.0 Å². The number of hydrogen-bond acceptors (Lipinski definition) is 6. The number of amides is 1. The number of hydrogen-bond donors (Lipinski definition) is 2. The molecule has 0 saturated carbocycles. The van der Waals surface area contributed by atoms with Gasteiger partial charge in [-0.1, -0.05) is 23.1 Å². The minimum atomic E-state index is -0.967. The first-order valence-electron chi connectivity index (χ1n) is 5.40. The highest BCUT2D eigenvalue weighted by Crippen LogP contribution is 2.25. The number of carbonyl (C=O) groups is 2. The van der Waals surface area contributed by atoms with Crippen molar-refractivity contribution in [1.29, 1.82) is 0 Å². The molecule has 2 N–H and O–H groups in total. The third-order valence-electron chi connectivity index (χ3n) is 2.13. The van der Waals surface area contributed by atoms with Crippen LogP contribution in [-0.4, -0.2) is 32.9 Å². The molecule has 21 heavy (non-hydrogen) atoms. The maximum atomic E-state index is 13.3. The highest BCUT2D eigenvalue weighted by Gasteiger charge is 2.13. The molecule has 0 spiro atoms. The summed E-state index contributed by atoms with van der Waals surface area (Å²) in [5, 5.41) is 18.7. The van der Waals surface area contributed by atoms with Crippen LogP contribution in [0.4, 0.5) is 9.52 Å². The van der Waals surface area contributed by atoms with Crippen LogP contribution in [0.25, 0.3) is 0 Å². The van der Waals surface area contributed by atoms with E-state index in [1.165, 1.54) is 12.1 Å². The molecule has 0 unspecified atom stereocenters. The predicted octanol–water partition coefficient (Wildman–Crippen LogP) is 2.87. The van der Waals surface area contributed by atoms with Gasteiger partial charge in [0, 0.05) is 5.56 Å². The van der Waals surface area contributed by atoms with E-state index in [1.54, 1.807) is 0 Å². The molecule has 0 fully saturated rings. The number of aromatic nitrogens is 2. The minimum absolute atomic E-state index is 0.138. The van der Waals surface area contributed by atoms with E-state index in [2.05, 4.69) is 31.4 Å². The second-order valence-corrected chi connectivity index (χ2v) is 6.69. The molecule has 1 aromatic heterocycles. The Morgan fingerprint density at radius 2 is 2.19 bits per heavy atom. The number of anilines is 1. The zero-order chi connectivity index (χ0) is 15.4. The first kappa shape index (κ1) is 15.9. The van der Waals surface area contributed by atoms with Crippen LogP contribution in [0, 0.1) is 5.82 Å². The number of carboxylic acids is 1. The average molecular weight is 392 g/mol. The van der Waals surface area contributed by atoms with Gasteiger partial charge in [0.1, 0.15) is 5.82 Å². The summed E-state index contributed by atoms with van der Waals surface area (Å²) in [6, 6.07) is 3.99. The fourth-order valence-electron chi connectivity index (χ4n) is 1.25. The van der Waals surface area contributed by atoms with E-state index in [0.29, 0.717) is 4.34 Å². The summed E-state index contributed by atoms with van der Waals surface area (Å²) in [5.41, 5.74) is 0.144. The van der Waals surface area contributed by atoms with E-state index in [4.69, 9.17) is 5.11 Å². The van der Waals surface area contributed by atoms with E-state index in [0.717, 1.165) is 29.2 Å². The largest absolute Gasteiger partial charge is 0.481 e. The average Bonchev–Trinajstić information content (AvgIpc) is 2.87. The quantitative estimate of drug-likeness (QED) is 0.601. The van der Waals surface area contributed by atoms with E-state index >= 15 is 0 Å². The van der Waals surface area contributed by atoms with Crippen LogP contribution in [0.1, 0.15) is 10.4 Å². The lowest BCUT2D eigenvalue weighted by Crippen LogP contribution is -2.11. The van der Waals surface area contributed by atoms with Gasteiger partial charge in [-0.25, -0.2) is 4.39 Å². The summed E-state index contributed by atoms with van der Waals surface area (Å²) < 4.78 is 14.0. The Labute approximate surface area is 134 Å². The molecule has 1 aromatic carbocycles. The lowest BCUT2D eigenvalue weighted by atomic mass is 10.2. The van der Waals surface area contributed by atoms with Gasteiger partial charge in [0.05, 0.1) is 10.2 Å². The fourth-order valence-corrected chi connectivity index (χ4v) is 2.96. The summed E-state index contributed by atoms with van der Waals surface area (Å²) in [4.78, 5) is 22.3. The highest BCUT2D eigenvalue weighted by molar-refractivity contribution is 9.10. The molecule has 1 heterocycles. The molecule has 0 radical (unpaired) electrons. The topological polar surface area (TPSA) is 92.2 Å². The minimum Gasteiger partial charge on any atom is -0.481 e. The smallest absolute Gasteiger partial charge is 0.313 e. The summed E-state index contributed by atoms with van der Waals surface area (Å²) in [5.74, 6) is -2.17. The number of aliphatic carboxylic acids is 1. The molecular weight excluding hydrogens is 385 g/mol. The van der Waals surface area contributed by atoms with Gasteiger partial charge in [-0.3, -0.25) is 14.9 Å². The molecule has 2 aromatic rings. The number of carbonyl (C=O) groups excluding carboxylic acids is 1. The molecule has 0 aliphatic rings. The molecule has 1 amide bonds. The normalized spacial score (nSPS) is 10.4. The van der Waals surface area contributed by atoms with Crippen molar-refractivity contribution < 1.29 is 19.1 Å². The second-order valence-electron chi connectivity index (χ2n) is 3.64. The SMILES string of the molecule is O=C(O)CSc1nnc(NC(=O)c2ccc(Br)c(F)c2)s1. The lowest BCUT2D eigenvalue weighted by Gasteiger charge is -2.02. The van der Waals surface area contributed by atoms with Crippen LogP contribution < -0.4 is 5.32 Å². The number of rotatable bonds is 5. The first-order chi connectivity index (χ1) is 9.95. The van der Waals surface area contributed by atoms with Gasteiger partial charge in [0.15, 0.2) is 4.34 Å². The van der Waals surface area contributed by atoms with Crippen LogP contribution in [0.5, 0.6) is 0 Å². The van der Waals surface area contributed by atoms with Gasteiger partial charge < -0.3 is 5.11 Å². The Morgan fingerprint density at radius 1 is 1.43 bits per heavy atom. The summed E-state index contributed by atoms with van der Waals surface area (Å²) in [6.07, 6.45) is 0. The van der Waals surface area contributed by atoms with Crippen molar-refractivity contribution in [3.8, 4) is 0 Å². The Kier molecular flexibility index (Phi) is 5.26. The summed E-state index contributed by atoms with van der Waals surface area (Å²) >= 11 is 5.05. The fraction of sp³-hybridized carbons (Fsp3) is 0.0909. The second kappa shape index (κ2) is 6.96. The first-order valence-corrected chi connectivity index (χ1v) is 7.99. The summed E-state index contributed by atoms with van der Waals surface area (Å²) in [6.45, 7) is 0. The Balaban J connectivity index is 2.02. The standard InChI is InChI=1S/C11H7BrFN3O3S2/c12-6-2-1-5(3-7(6)13)9(19)14-10-15-16-11(21-10)20-4-8(17)18/h1-3H,4H2,(H,17,18)(H,14,15,19). The van der Waals surface area contributed by atoms with Gasteiger partial charge >= 0.3 is 5.97 Å². The molecule has 2 rings (SSSR count). The molecule has 0 aliphatic carbocycles. The maximum absolute atomic E-state index is 13.3. The molecule has 110 valence electrons. The van der Waals surface area contributed by atoms with E-state index in [-0.39, 0.29) is 20.9 Å². The molecular formula is C11H7BrFN3O3S2. The van der Waals surface area contributed by atoms with Crippen molar-refractivity contribution >= 4 is 56.0 Å². The molecule has 0 aliphatic heterocycles. The third-order valence-corrected chi connectivity index (χ3v) is 4.73. The van der Waals surface area contributed by atoms with Crippen molar-refractivity contribution in [3.63, 3.8) is 0 Å². The van der Waals surface area contributed by atoms with Crippen molar-refractivity contribution in [2.45, 2.75) is 4.34 Å². The van der Waals surface area contributed by atoms with E-state index < -0.39 is 17.7 Å². The van der Waals surface area contributed by atoms with Crippen LogP contribution in [0.3, 0.4) is 0 Å². The third kappa shape index (κ3) is 4.48. The van der Waals surface area contributed by atoms with E-state index in [9.17, 15) is 14.0 Å². The molecule has 0 saturated heterocycles. The zero-order valence-corrected chi connectivity index (χ0v) is 13.4. The van der Waals surface area contributed by atoms with Gasteiger partial charge in [-0.2, -0.15) is 0 Å². The predicted molar refractivity (Wildman–Crippen MR) is 80.3 cm³/mol. The van der Waals surface area contributed by atoms with Crippen molar-refractivity contribution in [2.24, 2.45) is 0 Å². The van der Waals surface area contributed by atoms with Gasteiger partial charge in [-0.15, -0.1) is 10.2 Å². The van der Waals surface area contributed by atoms with Crippen LogP contribution in [-0.2, 0) is 4.79 Å². The molecule has 0 atom stereocenters. The van der Waals surface area contributed by atoms with Crippen molar-refractivity contribution in [1.82, 2.24) is 10.2 Å². The Hall–Kier alpha value is -1.52. The van der Waals surface area contributed by atoms with Crippen molar-refractivity contribution in [3.05, 3.63) is 34.1 Å². The van der Waals surface area contributed by atoms with Crippen LogP contribution >= 0.6 is 39.0 Å². The maximum Gasteiger partial charge on any atom is 0.313 e. The summed E-state index contributed by atoms with van der Waals surface area (Å²) in [7, 11) is 0. The number of nitrogens with one attached hydrogen (secondary N) is 1. The monoisotopic (exact) mass is 391 g/mol. The van der Waals surface area contributed by atoms with Gasteiger partial charge in [0.2, 0.25) is 5.13 Å². The number of benzene rings is 1. The number of halogens is 2. The molecule has 6 nitrogen and oxygen atoms in total. The van der Waals surface area contributed by atoms with E-state index in [1.807, 2.05) is 0 Å². The number of thioether (sulfide) groups is 1. The lowest BCUT2D eigenvalue weighted by molar-refractivity contribution is -0.133. The molecule has 0 bridgehead atoms. The Bertz CT molecular complexity index is 695. The van der Waals surface area contributed by atoms with Gasteiger partial charge in [0.25, 0.3) is 5.91 Å². The Morgan fingerprint density at radius 3 is 2.86 bits per heavy atom. The van der Waals surface area contributed by atoms with Crippen LogP contribution in [0.2, 0.25) is 0 Å². The zero-order valence-electron chi connectivity index (χ0n) is 10.2. The highest BCUT2D eigenvalue weighted by atomic mass is 79.9. The number of carboxylic acid groups (broad SMARTS) is 1. The van der Waals surface area contributed by atoms with Crippen molar-refractivity contribution in [2.75, 3.05) is 11.1 Å². The number of nitrogens with zero attached hydrogens (tertiary/aromatic N) is 2. The van der Waals surface area contributed by atoms with Gasteiger partial charge in [-0.05, 0) is 34.1 Å². The molecule has 10 heteroatoms.